The molecule has 0 radical (unpaired) electrons. The number of ether oxygens (including phenoxy) is 1. The Morgan fingerprint density at radius 2 is 1.70 bits per heavy atom. The summed E-state index contributed by atoms with van der Waals surface area (Å²) in [5, 5.41) is 7.01. The first kappa shape index (κ1) is 19.1. The zero-order valence-corrected chi connectivity index (χ0v) is 16.1. The number of para-hydroxylation sites is 1. The van der Waals surface area contributed by atoms with E-state index in [2.05, 4.69) is 20.6 Å². The van der Waals surface area contributed by atoms with Gasteiger partial charge in [0.15, 0.2) is 0 Å². The molecule has 0 aliphatic rings. The molecule has 0 unspecified atom stereocenters. The molecule has 2 aromatic carbocycles. The summed E-state index contributed by atoms with van der Waals surface area (Å²) in [5.74, 6) is -0.685. The number of nitrogens with zero attached hydrogens (tertiary/aromatic N) is 2. The number of nitrogens with one attached hydrogen (secondary N) is 2. The van der Waals surface area contributed by atoms with E-state index in [1.165, 1.54) is 13.3 Å². The molecule has 7 heteroatoms. The zero-order valence-electron chi connectivity index (χ0n) is 16.1. The summed E-state index contributed by atoms with van der Waals surface area (Å²) in [7, 11) is 1.34. The van der Waals surface area contributed by atoms with Gasteiger partial charge in [0.05, 0.1) is 41.3 Å². The smallest absolute Gasteiger partial charge is 0.337 e. The molecular weight excluding hydrogens is 380 g/mol. The summed E-state index contributed by atoms with van der Waals surface area (Å²) < 4.78 is 4.69. The van der Waals surface area contributed by atoms with Crippen molar-refractivity contribution in [3.05, 3.63) is 90.4 Å². The predicted octanol–water partition coefficient (Wildman–Crippen LogP) is 4.41. The molecule has 0 atom stereocenters. The number of pyridine rings is 2. The van der Waals surface area contributed by atoms with Crippen molar-refractivity contribution in [3.8, 4) is 0 Å². The normalized spacial score (nSPS) is 10.4. The number of carbonyl (C=O) groups excluding carboxylic acids is 2. The van der Waals surface area contributed by atoms with Crippen LogP contribution in [0.25, 0.3) is 10.9 Å². The van der Waals surface area contributed by atoms with Crippen LogP contribution in [-0.2, 0) is 4.74 Å². The minimum atomic E-state index is -0.398. The number of hydrogen-bond acceptors (Lipinski definition) is 6. The van der Waals surface area contributed by atoms with Crippen LogP contribution in [0.3, 0.4) is 0 Å². The average Bonchev–Trinajstić information content (AvgIpc) is 2.79. The molecule has 7 nitrogen and oxygen atoms in total. The maximum Gasteiger partial charge on any atom is 0.337 e. The highest BCUT2D eigenvalue weighted by molar-refractivity contribution is 6.08. The molecule has 0 fully saturated rings. The van der Waals surface area contributed by atoms with Crippen molar-refractivity contribution in [2.75, 3.05) is 17.7 Å². The highest BCUT2D eigenvalue weighted by Gasteiger charge is 2.11. The average molecular weight is 398 g/mol. The number of amides is 1. The highest BCUT2D eigenvalue weighted by Crippen LogP contribution is 2.22. The summed E-state index contributed by atoms with van der Waals surface area (Å²) in [5.41, 5.74) is 3.61. The van der Waals surface area contributed by atoms with Crippen LogP contribution in [0.4, 0.5) is 17.1 Å². The Balaban J connectivity index is 1.51. The lowest BCUT2D eigenvalue weighted by Crippen LogP contribution is -2.13. The van der Waals surface area contributed by atoms with Crippen molar-refractivity contribution >= 4 is 39.8 Å². The summed E-state index contributed by atoms with van der Waals surface area (Å²) in [6.07, 6.45) is 4.81. The molecule has 30 heavy (non-hydrogen) atoms. The van der Waals surface area contributed by atoms with Gasteiger partial charge in [0.2, 0.25) is 0 Å². The molecule has 0 bridgehead atoms. The van der Waals surface area contributed by atoms with Gasteiger partial charge in [-0.05, 0) is 42.5 Å². The van der Waals surface area contributed by atoms with E-state index in [4.69, 9.17) is 4.74 Å². The van der Waals surface area contributed by atoms with Crippen LogP contribution in [0.15, 0.2) is 79.3 Å². The minimum Gasteiger partial charge on any atom is -0.465 e. The van der Waals surface area contributed by atoms with Crippen LogP contribution in [0.2, 0.25) is 0 Å². The van der Waals surface area contributed by atoms with Gasteiger partial charge in [0.25, 0.3) is 5.91 Å². The first-order chi connectivity index (χ1) is 14.6. The van der Waals surface area contributed by atoms with Crippen LogP contribution in [0.5, 0.6) is 0 Å². The second-order valence-corrected chi connectivity index (χ2v) is 6.49. The van der Waals surface area contributed by atoms with E-state index in [9.17, 15) is 9.59 Å². The first-order valence-electron chi connectivity index (χ1n) is 9.19. The second-order valence-electron chi connectivity index (χ2n) is 6.49. The topological polar surface area (TPSA) is 93.2 Å². The Morgan fingerprint density at radius 3 is 2.50 bits per heavy atom. The molecule has 0 spiro atoms. The van der Waals surface area contributed by atoms with Crippen molar-refractivity contribution in [1.82, 2.24) is 9.97 Å². The lowest BCUT2D eigenvalue weighted by Gasteiger charge is -2.10. The number of rotatable bonds is 5. The lowest BCUT2D eigenvalue weighted by molar-refractivity contribution is 0.0600. The third-order valence-corrected chi connectivity index (χ3v) is 4.48. The van der Waals surface area contributed by atoms with E-state index in [1.54, 1.807) is 42.7 Å². The van der Waals surface area contributed by atoms with Gasteiger partial charge in [0, 0.05) is 23.5 Å². The fourth-order valence-electron chi connectivity index (χ4n) is 3.01. The third-order valence-electron chi connectivity index (χ3n) is 4.48. The van der Waals surface area contributed by atoms with Gasteiger partial charge in [-0.15, -0.1) is 0 Å². The number of fused-ring (bicyclic) bond motifs is 1. The number of hydrogen-bond donors (Lipinski definition) is 2. The van der Waals surface area contributed by atoms with Crippen molar-refractivity contribution in [2.45, 2.75) is 0 Å². The second kappa shape index (κ2) is 8.40. The van der Waals surface area contributed by atoms with E-state index in [-0.39, 0.29) is 5.91 Å². The molecule has 0 saturated heterocycles. The SMILES string of the molecule is COC(=O)c1ccc(Nc2cncc(C(=O)Nc3cccc4cccnc34)c2)cc1. The Hall–Kier alpha value is -4.26. The van der Waals surface area contributed by atoms with Gasteiger partial charge in [-0.1, -0.05) is 18.2 Å². The molecule has 4 aromatic rings. The van der Waals surface area contributed by atoms with Crippen LogP contribution in [0.1, 0.15) is 20.7 Å². The number of esters is 1. The number of carbonyl (C=O) groups is 2. The number of anilines is 3. The van der Waals surface area contributed by atoms with Gasteiger partial charge in [-0.3, -0.25) is 14.8 Å². The molecular formula is C23H18N4O3. The molecule has 2 aromatic heterocycles. The highest BCUT2D eigenvalue weighted by atomic mass is 16.5. The Morgan fingerprint density at radius 1 is 0.900 bits per heavy atom. The molecule has 0 aliphatic heterocycles. The quantitative estimate of drug-likeness (QED) is 0.484. The first-order valence-corrected chi connectivity index (χ1v) is 9.19. The maximum atomic E-state index is 12.8. The van der Waals surface area contributed by atoms with Crippen LogP contribution < -0.4 is 10.6 Å². The van der Waals surface area contributed by atoms with E-state index in [0.717, 1.165) is 16.6 Å². The van der Waals surface area contributed by atoms with Gasteiger partial charge in [-0.2, -0.15) is 0 Å². The van der Waals surface area contributed by atoms with Crippen LogP contribution >= 0.6 is 0 Å². The Kier molecular flexibility index (Phi) is 5.34. The largest absolute Gasteiger partial charge is 0.465 e. The molecule has 0 aliphatic carbocycles. The molecule has 1 amide bonds. The Labute approximate surface area is 172 Å². The van der Waals surface area contributed by atoms with Crippen LogP contribution in [-0.4, -0.2) is 29.0 Å². The van der Waals surface area contributed by atoms with Crippen molar-refractivity contribution in [3.63, 3.8) is 0 Å². The van der Waals surface area contributed by atoms with Crippen molar-refractivity contribution in [1.29, 1.82) is 0 Å². The van der Waals surface area contributed by atoms with E-state index in [0.29, 0.717) is 22.5 Å². The summed E-state index contributed by atoms with van der Waals surface area (Å²) in [4.78, 5) is 32.8. The summed E-state index contributed by atoms with van der Waals surface area (Å²) in [6.45, 7) is 0. The van der Waals surface area contributed by atoms with E-state index < -0.39 is 5.97 Å². The fourth-order valence-corrected chi connectivity index (χ4v) is 3.01. The van der Waals surface area contributed by atoms with Crippen molar-refractivity contribution < 1.29 is 14.3 Å². The number of aromatic nitrogens is 2. The predicted molar refractivity (Wildman–Crippen MR) is 115 cm³/mol. The molecule has 148 valence electrons. The van der Waals surface area contributed by atoms with Gasteiger partial charge in [-0.25, -0.2) is 4.79 Å². The zero-order chi connectivity index (χ0) is 20.9. The number of methoxy groups -OCH3 is 1. The standard InChI is InChI=1S/C23H18N4O3/c1-30-23(29)16-7-9-18(10-8-16)26-19-12-17(13-24-14-19)22(28)27-20-6-2-4-15-5-3-11-25-21(15)20/h2-14,26H,1H3,(H,27,28). The fraction of sp³-hybridized carbons (Fsp3) is 0.0435. The molecule has 0 saturated carbocycles. The third kappa shape index (κ3) is 4.10. The van der Waals surface area contributed by atoms with Gasteiger partial charge >= 0.3 is 5.97 Å². The monoisotopic (exact) mass is 398 g/mol. The summed E-state index contributed by atoms with van der Waals surface area (Å²) >= 11 is 0. The van der Waals surface area contributed by atoms with Gasteiger partial charge in [0.1, 0.15) is 0 Å². The lowest BCUT2D eigenvalue weighted by atomic mass is 10.1. The molecule has 4 rings (SSSR count). The van der Waals surface area contributed by atoms with E-state index in [1.807, 2.05) is 30.3 Å². The van der Waals surface area contributed by atoms with Gasteiger partial charge < -0.3 is 15.4 Å². The minimum absolute atomic E-state index is 0.287. The molecule has 2 N–H and O–H groups in total. The maximum absolute atomic E-state index is 12.8. The molecule has 2 heterocycles. The van der Waals surface area contributed by atoms with Crippen molar-refractivity contribution in [2.24, 2.45) is 0 Å². The Bertz CT molecular complexity index is 1220. The van der Waals surface area contributed by atoms with Crippen LogP contribution in [0, 0.1) is 0 Å². The summed E-state index contributed by atoms with van der Waals surface area (Å²) in [6, 6.07) is 17.9. The van der Waals surface area contributed by atoms with E-state index >= 15 is 0 Å². The number of benzene rings is 2.